The standard InChI is InChI=1S/C62H73N7O16/c1-36(2)59(70)63-14-12-13-37-31-68(34-42-20-39(23-48(65-42)61(73)74)57-52(82-8)27-45(78-4)28-53(57)83-9)17-15-67(33-41-19-38(22-47(64-41)60(71)72)56-50(80-6)25-44(77-3)26-51(56)81-7)16-18-69(32-37)35-43-21-40(24-49(66-43)62(75)76)58-54(84-10)29-46(79-5)30-55(58)85-11/h19-30,37H,1,12-18,31-35H2,2-11H3,(H,63,70)(H,71,72)(H,73,74)(H,75,76). The molecule has 0 atom stereocenters. The van der Waals surface area contributed by atoms with Crippen molar-refractivity contribution in [1.29, 1.82) is 0 Å². The molecule has 7 rings (SSSR count). The van der Waals surface area contributed by atoms with E-state index in [0.29, 0.717) is 166 Å². The SMILES string of the molecule is C=C(C)C(=O)NCCCC1CN(Cc2cc(-c3c(OC)cc(OC)cc3OC)cc(C(=O)O)n2)CCN(Cc2cc(-c3c(OC)cc(OC)cc3OC)cc(C(=O)O)n2)CCN(Cc2cc(-c3c(OC)cc(OC)cc3OC)cc(C(=O)O)n2)C1. The molecule has 0 bridgehead atoms. The van der Waals surface area contributed by atoms with Gasteiger partial charge in [0.25, 0.3) is 0 Å². The fourth-order valence-corrected chi connectivity index (χ4v) is 10.3. The summed E-state index contributed by atoms with van der Waals surface area (Å²) in [6.45, 7) is 8.74. The Morgan fingerprint density at radius 1 is 0.471 bits per heavy atom. The molecule has 0 aliphatic carbocycles. The predicted octanol–water partition coefficient (Wildman–Crippen LogP) is 7.95. The van der Waals surface area contributed by atoms with Gasteiger partial charge < -0.3 is 63.3 Å². The summed E-state index contributed by atoms with van der Waals surface area (Å²) >= 11 is 0. The summed E-state index contributed by atoms with van der Waals surface area (Å²) in [4.78, 5) is 72.0. The van der Waals surface area contributed by atoms with E-state index in [1.165, 1.54) is 82.2 Å². The third-order valence-electron chi connectivity index (χ3n) is 14.4. The predicted molar refractivity (Wildman–Crippen MR) is 315 cm³/mol. The minimum Gasteiger partial charge on any atom is -0.496 e. The highest BCUT2D eigenvalue weighted by Gasteiger charge is 2.28. The van der Waals surface area contributed by atoms with Crippen molar-refractivity contribution in [3.8, 4) is 85.1 Å². The number of carbonyl (C=O) groups excluding carboxylic acids is 1. The maximum Gasteiger partial charge on any atom is 0.354 e. The van der Waals surface area contributed by atoms with Gasteiger partial charge in [0.1, 0.15) is 68.8 Å². The van der Waals surface area contributed by atoms with Crippen LogP contribution in [0.4, 0.5) is 0 Å². The highest BCUT2D eigenvalue weighted by molar-refractivity contribution is 5.92. The first-order valence-corrected chi connectivity index (χ1v) is 27.1. The van der Waals surface area contributed by atoms with Crippen LogP contribution in [0.2, 0.25) is 0 Å². The quantitative estimate of drug-likeness (QED) is 0.0296. The summed E-state index contributed by atoms with van der Waals surface area (Å²) < 4.78 is 51.4. The first kappa shape index (κ1) is 63.4. The molecule has 3 aromatic carbocycles. The molecule has 0 unspecified atom stereocenters. The van der Waals surface area contributed by atoms with Gasteiger partial charge in [-0.25, -0.2) is 29.3 Å². The van der Waals surface area contributed by atoms with E-state index in [1.807, 2.05) is 0 Å². The van der Waals surface area contributed by atoms with Crippen molar-refractivity contribution in [2.75, 3.05) is 110 Å². The molecule has 0 saturated carbocycles. The number of rotatable bonds is 26. The molecule has 1 aliphatic rings. The molecule has 0 radical (unpaired) electrons. The minimum absolute atomic E-state index is 0.119. The zero-order chi connectivity index (χ0) is 61.5. The largest absolute Gasteiger partial charge is 0.496 e. The lowest BCUT2D eigenvalue weighted by atomic mass is 9.99. The van der Waals surface area contributed by atoms with Crippen LogP contribution in [0, 0.1) is 5.92 Å². The van der Waals surface area contributed by atoms with Gasteiger partial charge in [-0.3, -0.25) is 19.5 Å². The Balaban J connectivity index is 1.36. The van der Waals surface area contributed by atoms with Gasteiger partial charge in [-0.1, -0.05) is 6.58 Å². The summed E-state index contributed by atoms with van der Waals surface area (Å²) in [7, 11) is 13.5. The maximum absolute atomic E-state index is 12.9. The van der Waals surface area contributed by atoms with Gasteiger partial charge in [-0.15, -0.1) is 0 Å². The van der Waals surface area contributed by atoms with Gasteiger partial charge in [-0.05, 0) is 78.8 Å². The maximum atomic E-state index is 12.9. The van der Waals surface area contributed by atoms with Crippen LogP contribution in [0.3, 0.4) is 0 Å². The second-order valence-corrected chi connectivity index (χ2v) is 20.1. The molecule has 23 nitrogen and oxygen atoms in total. The molecular weight excluding hydrogens is 1100 g/mol. The number of ether oxygens (including phenoxy) is 9. The van der Waals surface area contributed by atoms with E-state index in [-0.39, 0.29) is 48.5 Å². The average Bonchev–Trinajstić information content (AvgIpc) is 2.45. The fraction of sp³-hybridized carbons (Fsp3) is 0.371. The summed E-state index contributed by atoms with van der Waals surface area (Å²) in [5.74, 6) is -0.470. The highest BCUT2D eigenvalue weighted by Crippen LogP contribution is 2.45. The Morgan fingerprint density at radius 3 is 1.04 bits per heavy atom. The number of carboxylic acid groups (broad SMARTS) is 3. The van der Waals surface area contributed by atoms with E-state index in [1.54, 1.807) is 61.5 Å². The third-order valence-corrected chi connectivity index (χ3v) is 14.4. The Morgan fingerprint density at radius 2 is 0.765 bits per heavy atom. The smallest absolute Gasteiger partial charge is 0.354 e. The van der Waals surface area contributed by atoms with Gasteiger partial charge in [0.15, 0.2) is 0 Å². The first-order valence-electron chi connectivity index (χ1n) is 27.1. The van der Waals surface area contributed by atoms with Gasteiger partial charge in [-0.2, -0.15) is 0 Å². The van der Waals surface area contributed by atoms with Gasteiger partial charge in [0.2, 0.25) is 5.91 Å². The number of carbonyl (C=O) groups is 4. The topological polar surface area (TPSA) is 272 Å². The van der Waals surface area contributed by atoms with Crippen LogP contribution < -0.4 is 47.9 Å². The molecule has 4 heterocycles. The number of pyridine rings is 3. The monoisotopic (exact) mass is 1170 g/mol. The van der Waals surface area contributed by atoms with E-state index in [9.17, 15) is 34.5 Å². The Labute approximate surface area is 493 Å². The average molecular weight is 1170 g/mol. The number of methoxy groups -OCH3 is 9. The first-order chi connectivity index (χ1) is 40.8. The van der Waals surface area contributed by atoms with Crippen molar-refractivity contribution in [3.63, 3.8) is 0 Å². The molecule has 3 aromatic heterocycles. The van der Waals surface area contributed by atoms with E-state index < -0.39 is 17.9 Å². The summed E-state index contributed by atoms with van der Waals surface area (Å²) in [5, 5.41) is 34.5. The van der Waals surface area contributed by atoms with E-state index >= 15 is 0 Å². The number of nitrogens with zero attached hydrogens (tertiary/aromatic N) is 6. The summed E-state index contributed by atoms with van der Waals surface area (Å²) in [6.07, 6.45) is 1.19. The van der Waals surface area contributed by atoms with Crippen molar-refractivity contribution in [2.45, 2.75) is 39.4 Å². The van der Waals surface area contributed by atoms with Crippen molar-refractivity contribution in [3.05, 3.63) is 119 Å². The van der Waals surface area contributed by atoms with Crippen LogP contribution in [0.1, 0.15) is 68.3 Å². The van der Waals surface area contributed by atoms with Gasteiger partial charge in [0, 0.05) is 107 Å². The van der Waals surface area contributed by atoms with Crippen LogP contribution in [0.15, 0.2) is 84.9 Å². The molecule has 1 saturated heterocycles. The normalized spacial score (nSPS) is 13.5. The fourth-order valence-electron chi connectivity index (χ4n) is 10.3. The molecule has 0 spiro atoms. The van der Waals surface area contributed by atoms with Crippen molar-refractivity contribution in [2.24, 2.45) is 5.92 Å². The molecule has 4 N–H and O–H groups in total. The highest BCUT2D eigenvalue weighted by atomic mass is 16.5. The molecule has 452 valence electrons. The Kier molecular flexibility index (Phi) is 21.9. The zero-order valence-electron chi connectivity index (χ0n) is 49.5. The van der Waals surface area contributed by atoms with E-state index in [2.05, 4.69) is 41.5 Å². The molecular formula is C62H73N7O16. The second-order valence-electron chi connectivity index (χ2n) is 20.1. The van der Waals surface area contributed by atoms with Crippen LogP contribution in [-0.2, 0) is 24.4 Å². The lowest BCUT2D eigenvalue weighted by Crippen LogP contribution is -2.45. The zero-order valence-corrected chi connectivity index (χ0v) is 49.5. The van der Waals surface area contributed by atoms with Crippen LogP contribution in [0.5, 0.6) is 51.7 Å². The third kappa shape index (κ3) is 15.9. The lowest BCUT2D eigenvalue weighted by molar-refractivity contribution is -0.117. The number of benzene rings is 3. The van der Waals surface area contributed by atoms with E-state index in [4.69, 9.17) is 42.6 Å². The van der Waals surface area contributed by atoms with Gasteiger partial charge >= 0.3 is 17.9 Å². The molecule has 23 heteroatoms. The second kappa shape index (κ2) is 29.4. The molecule has 1 aliphatic heterocycles. The van der Waals surface area contributed by atoms with Crippen LogP contribution >= 0.6 is 0 Å². The Hall–Kier alpha value is -9.19. The van der Waals surface area contributed by atoms with Crippen LogP contribution in [-0.4, -0.2) is 179 Å². The van der Waals surface area contributed by atoms with E-state index in [0.717, 1.165) is 0 Å². The molecule has 85 heavy (non-hydrogen) atoms. The number of aromatic nitrogens is 3. The lowest BCUT2D eigenvalue weighted by Gasteiger charge is -2.36. The summed E-state index contributed by atoms with van der Waals surface area (Å²) in [5.41, 5.74) is 3.91. The van der Waals surface area contributed by atoms with Crippen molar-refractivity contribution >= 4 is 23.8 Å². The van der Waals surface area contributed by atoms with Gasteiger partial charge in [0.05, 0.1) is 97.8 Å². The number of amides is 1. The minimum atomic E-state index is -1.25. The number of nitrogens with one attached hydrogen (secondary N) is 1. The number of carboxylic acids is 3. The van der Waals surface area contributed by atoms with Crippen molar-refractivity contribution < 1.29 is 77.1 Å². The Bertz CT molecular complexity index is 3190. The number of hydrogen-bond donors (Lipinski definition) is 4. The summed E-state index contributed by atoms with van der Waals surface area (Å²) in [6, 6.07) is 19.9. The van der Waals surface area contributed by atoms with Crippen molar-refractivity contribution in [1.82, 2.24) is 35.0 Å². The number of hydrogen-bond acceptors (Lipinski definition) is 19. The molecule has 1 fully saturated rings. The molecule has 6 aromatic rings. The number of aromatic carboxylic acids is 3. The molecule has 1 amide bonds. The van der Waals surface area contributed by atoms with Crippen LogP contribution in [0.25, 0.3) is 33.4 Å².